The summed E-state index contributed by atoms with van der Waals surface area (Å²) in [5.41, 5.74) is 0.207. The number of ether oxygens (including phenoxy) is 1. The van der Waals surface area contributed by atoms with Gasteiger partial charge in [-0.3, -0.25) is 9.78 Å². The second-order valence-corrected chi connectivity index (χ2v) is 3.07. The van der Waals surface area contributed by atoms with Crippen molar-refractivity contribution >= 4 is 17.5 Å². The van der Waals surface area contributed by atoms with Crippen LogP contribution in [0, 0.1) is 0 Å². The lowest BCUT2D eigenvalue weighted by Gasteiger charge is -2.04. The van der Waals surface area contributed by atoms with Crippen LogP contribution in [0.5, 0.6) is 0 Å². The number of amides is 1. The quantitative estimate of drug-likeness (QED) is 0.762. The fourth-order valence-corrected chi connectivity index (χ4v) is 1.07. The van der Waals surface area contributed by atoms with E-state index in [-0.39, 0.29) is 16.8 Å². The first-order valence-corrected chi connectivity index (χ1v) is 4.95. The summed E-state index contributed by atoms with van der Waals surface area (Å²) in [6, 6.07) is 0. The van der Waals surface area contributed by atoms with Crippen molar-refractivity contribution in [2.45, 2.75) is 6.92 Å². The van der Waals surface area contributed by atoms with Crippen LogP contribution in [-0.2, 0) is 4.74 Å². The minimum atomic E-state index is -0.301. The van der Waals surface area contributed by atoms with Crippen molar-refractivity contribution in [1.29, 1.82) is 0 Å². The number of hydrogen-bond donors (Lipinski definition) is 1. The molecule has 15 heavy (non-hydrogen) atoms. The summed E-state index contributed by atoms with van der Waals surface area (Å²) in [6.07, 6.45) is 2.74. The van der Waals surface area contributed by atoms with E-state index in [9.17, 15) is 4.79 Å². The highest BCUT2D eigenvalue weighted by Crippen LogP contribution is 2.01. The number of rotatable bonds is 5. The molecule has 5 nitrogen and oxygen atoms in total. The van der Waals surface area contributed by atoms with E-state index in [0.717, 1.165) is 0 Å². The lowest BCUT2D eigenvalue weighted by atomic mass is 10.4. The lowest BCUT2D eigenvalue weighted by Crippen LogP contribution is -2.28. The molecule has 0 bridgehead atoms. The van der Waals surface area contributed by atoms with Gasteiger partial charge in [-0.1, -0.05) is 11.6 Å². The molecule has 0 unspecified atom stereocenters. The Labute approximate surface area is 92.8 Å². The van der Waals surface area contributed by atoms with Gasteiger partial charge >= 0.3 is 0 Å². The molecule has 0 spiro atoms. The molecule has 1 aromatic heterocycles. The SMILES string of the molecule is CCOCCNC(=O)c1cncc(Cl)n1. The van der Waals surface area contributed by atoms with E-state index in [2.05, 4.69) is 15.3 Å². The molecule has 0 aliphatic carbocycles. The zero-order valence-electron chi connectivity index (χ0n) is 8.36. The largest absolute Gasteiger partial charge is 0.380 e. The first-order valence-electron chi connectivity index (χ1n) is 4.57. The Morgan fingerprint density at radius 3 is 3.07 bits per heavy atom. The molecule has 0 saturated carbocycles. The van der Waals surface area contributed by atoms with Gasteiger partial charge in [0.2, 0.25) is 0 Å². The van der Waals surface area contributed by atoms with Gasteiger partial charge in [-0.25, -0.2) is 4.98 Å². The third-order valence-corrected chi connectivity index (χ3v) is 1.76. The van der Waals surface area contributed by atoms with Crippen molar-refractivity contribution in [2.75, 3.05) is 19.8 Å². The Morgan fingerprint density at radius 1 is 1.60 bits per heavy atom. The Bertz CT molecular complexity index is 333. The van der Waals surface area contributed by atoms with Crippen LogP contribution in [0.3, 0.4) is 0 Å². The molecule has 0 fully saturated rings. The van der Waals surface area contributed by atoms with Gasteiger partial charge < -0.3 is 10.1 Å². The zero-order chi connectivity index (χ0) is 11.1. The van der Waals surface area contributed by atoms with Gasteiger partial charge in [0.1, 0.15) is 10.8 Å². The molecule has 82 valence electrons. The fourth-order valence-electron chi connectivity index (χ4n) is 0.923. The Kier molecular flexibility index (Phi) is 5.00. The first-order chi connectivity index (χ1) is 7.24. The molecule has 0 aliphatic rings. The standard InChI is InChI=1S/C9H12ClN3O2/c1-2-15-4-3-12-9(14)7-5-11-6-8(10)13-7/h5-6H,2-4H2,1H3,(H,12,14). The normalized spacial score (nSPS) is 10.0. The van der Waals surface area contributed by atoms with Crippen molar-refractivity contribution in [1.82, 2.24) is 15.3 Å². The van der Waals surface area contributed by atoms with Crippen LogP contribution in [0.2, 0.25) is 5.15 Å². The average Bonchev–Trinajstić information content (AvgIpc) is 2.24. The van der Waals surface area contributed by atoms with Gasteiger partial charge in [0.15, 0.2) is 0 Å². The van der Waals surface area contributed by atoms with E-state index in [4.69, 9.17) is 16.3 Å². The number of nitrogens with one attached hydrogen (secondary N) is 1. The van der Waals surface area contributed by atoms with E-state index in [1.807, 2.05) is 6.92 Å². The van der Waals surface area contributed by atoms with Gasteiger partial charge in [-0.05, 0) is 6.92 Å². The summed E-state index contributed by atoms with van der Waals surface area (Å²) < 4.78 is 5.07. The van der Waals surface area contributed by atoms with E-state index < -0.39 is 0 Å². The molecule has 0 aliphatic heterocycles. The maximum atomic E-state index is 11.4. The maximum absolute atomic E-state index is 11.4. The number of halogens is 1. The molecular formula is C9H12ClN3O2. The van der Waals surface area contributed by atoms with E-state index in [1.165, 1.54) is 12.4 Å². The maximum Gasteiger partial charge on any atom is 0.271 e. The number of aromatic nitrogens is 2. The van der Waals surface area contributed by atoms with Gasteiger partial charge in [0.05, 0.1) is 19.0 Å². The molecule has 0 aromatic carbocycles. The zero-order valence-corrected chi connectivity index (χ0v) is 9.12. The second-order valence-electron chi connectivity index (χ2n) is 2.68. The highest BCUT2D eigenvalue weighted by Gasteiger charge is 2.06. The minimum absolute atomic E-state index is 0.201. The topological polar surface area (TPSA) is 64.1 Å². The van der Waals surface area contributed by atoms with Crippen LogP contribution in [0.4, 0.5) is 0 Å². The molecule has 0 atom stereocenters. The smallest absolute Gasteiger partial charge is 0.271 e. The van der Waals surface area contributed by atoms with Gasteiger partial charge in [-0.15, -0.1) is 0 Å². The number of hydrogen-bond acceptors (Lipinski definition) is 4. The van der Waals surface area contributed by atoms with E-state index in [0.29, 0.717) is 19.8 Å². The van der Waals surface area contributed by atoms with Crippen LogP contribution >= 0.6 is 11.6 Å². The van der Waals surface area contributed by atoms with Gasteiger partial charge in [0, 0.05) is 13.2 Å². The molecular weight excluding hydrogens is 218 g/mol. The second kappa shape index (κ2) is 6.31. The number of carbonyl (C=O) groups is 1. The van der Waals surface area contributed by atoms with Crippen LogP contribution in [0.1, 0.15) is 17.4 Å². The summed E-state index contributed by atoms with van der Waals surface area (Å²) in [6.45, 7) is 3.45. The predicted octanol–water partition coefficient (Wildman–Crippen LogP) is 0.896. The summed E-state index contributed by atoms with van der Waals surface area (Å²) in [4.78, 5) is 19.0. The molecule has 1 N–H and O–H groups in total. The highest BCUT2D eigenvalue weighted by molar-refractivity contribution is 6.29. The van der Waals surface area contributed by atoms with Gasteiger partial charge in [0.25, 0.3) is 5.91 Å². The van der Waals surface area contributed by atoms with Crippen molar-refractivity contribution < 1.29 is 9.53 Å². The van der Waals surface area contributed by atoms with E-state index in [1.54, 1.807) is 0 Å². The summed E-state index contributed by atoms with van der Waals surface area (Å²) in [5.74, 6) is -0.301. The predicted molar refractivity (Wildman–Crippen MR) is 55.9 cm³/mol. The molecule has 6 heteroatoms. The highest BCUT2D eigenvalue weighted by atomic mass is 35.5. The summed E-state index contributed by atoms with van der Waals surface area (Å²) in [7, 11) is 0. The van der Waals surface area contributed by atoms with Crippen molar-refractivity contribution in [3.63, 3.8) is 0 Å². The molecule has 0 saturated heterocycles. The minimum Gasteiger partial charge on any atom is -0.380 e. The Morgan fingerprint density at radius 2 is 2.40 bits per heavy atom. The van der Waals surface area contributed by atoms with Crippen LogP contribution in [0.25, 0.3) is 0 Å². The molecule has 1 heterocycles. The number of carbonyl (C=O) groups excluding carboxylic acids is 1. The Balaban J connectivity index is 2.40. The first kappa shape index (κ1) is 11.9. The monoisotopic (exact) mass is 229 g/mol. The summed E-state index contributed by atoms with van der Waals surface area (Å²) >= 11 is 5.59. The third-order valence-electron chi connectivity index (χ3n) is 1.57. The van der Waals surface area contributed by atoms with Crippen molar-refractivity contribution in [3.05, 3.63) is 23.2 Å². The summed E-state index contributed by atoms with van der Waals surface area (Å²) in [5, 5.41) is 2.84. The van der Waals surface area contributed by atoms with E-state index >= 15 is 0 Å². The van der Waals surface area contributed by atoms with Gasteiger partial charge in [-0.2, -0.15) is 0 Å². The van der Waals surface area contributed by atoms with Crippen LogP contribution < -0.4 is 5.32 Å². The molecule has 1 amide bonds. The molecule has 0 radical (unpaired) electrons. The van der Waals surface area contributed by atoms with Crippen molar-refractivity contribution in [3.8, 4) is 0 Å². The lowest BCUT2D eigenvalue weighted by molar-refractivity contribution is 0.0917. The molecule has 1 aromatic rings. The molecule has 1 rings (SSSR count). The number of nitrogens with zero attached hydrogens (tertiary/aromatic N) is 2. The van der Waals surface area contributed by atoms with Crippen LogP contribution in [0.15, 0.2) is 12.4 Å². The van der Waals surface area contributed by atoms with Crippen LogP contribution in [-0.4, -0.2) is 35.6 Å². The fraction of sp³-hybridized carbons (Fsp3) is 0.444. The Hall–Kier alpha value is -1.20. The van der Waals surface area contributed by atoms with Crippen molar-refractivity contribution in [2.24, 2.45) is 0 Å². The average molecular weight is 230 g/mol. The third kappa shape index (κ3) is 4.22.